The molecule has 1 atom stereocenters. The summed E-state index contributed by atoms with van der Waals surface area (Å²) in [7, 11) is 0. The van der Waals surface area contributed by atoms with E-state index in [1.807, 2.05) is 48.5 Å². The predicted molar refractivity (Wildman–Crippen MR) is 111 cm³/mol. The molecular weight excluding hydrogens is 374 g/mol. The summed E-state index contributed by atoms with van der Waals surface area (Å²) in [6, 6.07) is 17.5. The summed E-state index contributed by atoms with van der Waals surface area (Å²) >= 11 is 6.10. The molecule has 2 heterocycles. The average molecular weight is 398 g/mol. The van der Waals surface area contributed by atoms with Gasteiger partial charge in [0.05, 0.1) is 12.5 Å². The molecule has 0 N–H and O–H groups in total. The first kappa shape index (κ1) is 19.0. The number of piperazine rings is 1. The molecular formula is C22H24ClN3O2. The smallest absolute Gasteiger partial charge is 0.247 e. The molecule has 0 bridgehead atoms. The molecule has 146 valence electrons. The third-order valence-corrected chi connectivity index (χ3v) is 5.85. The first-order valence-corrected chi connectivity index (χ1v) is 10.1. The fourth-order valence-corrected chi connectivity index (χ4v) is 4.22. The van der Waals surface area contributed by atoms with Crippen molar-refractivity contribution >= 4 is 29.1 Å². The van der Waals surface area contributed by atoms with E-state index in [0.29, 0.717) is 19.4 Å². The van der Waals surface area contributed by atoms with Gasteiger partial charge in [-0.25, -0.2) is 0 Å². The molecule has 5 nitrogen and oxygen atoms in total. The number of halogens is 1. The molecule has 6 heteroatoms. The summed E-state index contributed by atoms with van der Waals surface area (Å²) in [4.78, 5) is 31.2. The van der Waals surface area contributed by atoms with Gasteiger partial charge in [0.15, 0.2) is 0 Å². The zero-order valence-electron chi connectivity index (χ0n) is 15.8. The molecule has 2 aliphatic heterocycles. The number of nitrogens with zero attached hydrogens (tertiary/aromatic N) is 3. The molecule has 2 fully saturated rings. The number of carbonyl (C=O) groups is 2. The number of hydrogen-bond acceptors (Lipinski definition) is 4. The SMILES string of the molecule is O=C1C[C@@H](N2CCN(c3cccc(Cl)c3)CC2)C(=O)N1CCc1ccccc1. The highest BCUT2D eigenvalue weighted by Crippen LogP contribution is 2.24. The quantitative estimate of drug-likeness (QED) is 0.728. The number of amides is 2. The molecule has 0 saturated carbocycles. The lowest BCUT2D eigenvalue weighted by atomic mass is 10.1. The van der Waals surface area contributed by atoms with Crippen LogP contribution in [0.25, 0.3) is 0 Å². The minimum Gasteiger partial charge on any atom is -0.369 e. The van der Waals surface area contributed by atoms with Gasteiger partial charge >= 0.3 is 0 Å². The number of rotatable bonds is 5. The van der Waals surface area contributed by atoms with Crippen LogP contribution < -0.4 is 4.90 Å². The highest BCUT2D eigenvalue weighted by molar-refractivity contribution is 6.30. The van der Waals surface area contributed by atoms with Crippen molar-refractivity contribution in [2.75, 3.05) is 37.6 Å². The molecule has 0 aromatic heterocycles. The Bertz CT molecular complexity index is 850. The molecule has 2 aromatic carbocycles. The van der Waals surface area contributed by atoms with E-state index in [1.54, 1.807) is 0 Å². The number of likely N-dealkylation sites (tertiary alicyclic amines) is 1. The van der Waals surface area contributed by atoms with Gasteiger partial charge in [0.1, 0.15) is 0 Å². The maximum absolute atomic E-state index is 12.9. The van der Waals surface area contributed by atoms with Crippen LogP contribution in [0.5, 0.6) is 0 Å². The van der Waals surface area contributed by atoms with E-state index in [2.05, 4.69) is 15.9 Å². The highest BCUT2D eigenvalue weighted by Gasteiger charge is 2.42. The summed E-state index contributed by atoms with van der Waals surface area (Å²) in [5.74, 6) is -0.0969. The highest BCUT2D eigenvalue weighted by atomic mass is 35.5. The summed E-state index contributed by atoms with van der Waals surface area (Å²) in [5, 5.41) is 0.727. The van der Waals surface area contributed by atoms with Crippen LogP contribution in [0.1, 0.15) is 12.0 Å². The van der Waals surface area contributed by atoms with E-state index in [0.717, 1.165) is 42.5 Å². The van der Waals surface area contributed by atoms with Crippen molar-refractivity contribution < 1.29 is 9.59 Å². The monoisotopic (exact) mass is 397 g/mol. The number of benzene rings is 2. The second kappa shape index (κ2) is 8.33. The Hall–Kier alpha value is -2.37. The van der Waals surface area contributed by atoms with E-state index in [9.17, 15) is 9.59 Å². The Morgan fingerprint density at radius 3 is 2.39 bits per heavy atom. The van der Waals surface area contributed by atoms with E-state index >= 15 is 0 Å². The molecule has 2 saturated heterocycles. The minimum atomic E-state index is -0.315. The van der Waals surface area contributed by atoms with Crippen molar-refractivity contribution in [2.45, 2.75) is 18.9 Å². The Kier molecular flexibility index (Phi) is 5.64. The molecule has 2 amide bonds. The van der Waals surface area contributed by atoms with Crippen molar-refractivity contribution in [1.82, 2.24) is 9.80 Å². The van der Waals surface area contributed by atoms with Crippen LogP contribution in [0, 0.1) is 0 Å². The van der Waals surface area contributed by atoms with Gasteiger partial charge in [-0.3, -0.25) is 19.4 Å². The van der Waals surface area contributed by atoms with Crippen LogP contribution in [-0.2, 0) is 16.0 Å². The maximum Gasteiger partial charge on any atom is 0.247 e. The second-order valence-corrected chi connectivity index (χ2v) is 7.78. The van der Waals surface area contributed by atoms with Gasteiger partial charge in [-0.05, 0) is 30.2 Å². The van der Waals surface area contributed by atoms with Crippen LogP contribution in [-0.4, -0.2) is 60.4 Å². The van der Waals surface area contributed by atoms with E-state index in [4.69, 9.17) is 11.6 Å². The molecule has 28 heavy (non-hydrogen) atoms. The van der Waals surface area contributed by atoms with E-state index in [1.165, 1.54) is 4.90 Å². The lowest BCUT2D eigenvalue weighted by Gasteiger charge is -2.38. The number of anilines is 1. The third kappa shape index (κ3) is 4.05. The Morgan fingerprint density at radius 2 is 1.68 bits per heavy atom. The van der Waals surface area contributed by atoms with Crippen LogP contribution in [0.4, 0.5) is 5.69 Å². The first-order chi connectivity index (χ1) is 13.6. The van der Waals surface area contributed by atoms with Crippen LogP contribution in [0.3, 0.4) is 0 Å². The van der Waals surface area contributed by atoms with E-state index in [-0.39, 0.29) is 17.9 Å². The van der Waals surface area contributed by atoms with Gasteiger partial charge in [-0.15, -0.1) is 0 Å². The Morgan fingerprint density at radius 1 is 0.929 bits per heavy atom. The lowest BCUT2D eigenvalue weighted by Crippen LogP contribution is -2.52. The van der Waals surface area contributed by atoms with Crippen molar-refractivity contribution in [3.8, 4) is 0 Å². The van der Waals surface area contributed by atoms with Crippen molar-refractivity contribution in [2.24, 2.45) is 0 Å². The van der Waals surface area contributed by atoms with Gasteiger partial charge < -0.3 is 4.90 Å². The Labute approximate surface area is 170 Å². The first-order valence-electron chi connectivity index (χ1n) is 9.74. The van der Waals surface area contributed by atoms with Gasteiger partial charge in [0.2, 0.25) is 11.8 Å². The third-order valence-electron chi connectivity index (χ3n) is 5.62. The lowest BCUT2D eigenvalue weighted by molar-refractivity contribution is -0.139. The zero-order chi connectivity index (χ0) is 19.5. The molecule has 2 aromatic rings. The largest absolute Gasteiger partial charge is 0.369 e. The predicted octanol–water partition coefficient (Wildman–Crippen LogP) is 2.83. The van der Waals surface area contributed by atoms with Crippen molar-refractivity contribution in [1.29, 1.82) is 0 Å². The minimum absolute atomic E-state index is 0.0443. The van der Waals surface area contributed by atoms with Crippen LogP contribution >= 0.6 is 11.6 Å². The van der Waals surface area contributed by atoms with Gasteiger partial charge in [0.25, 0.3) is 0 Å². The number of carbonyl (C=O) groups excluding carboxylic acids is 2. The maximum atomic E-state index is 12.9. The summed E-state index contributed by atoms with van der Waals surface area (Å²) < 4.78 is 0. The Balaban J connectivity index is 1.34. The summed E-state index contributed by atoms with van der Waals surface area (Å²) in [6.07, 6.45) is 0.998. The summed E-state index contributed by atoms with van der Waals surface area (Å²) in [5.41, 5.74) is 2.24. The molecule has 0 spiro atoms. The van der Waals surface area contributed by atoms with E-state index < -0.39 is 0 Å². The normalized spacial score (nSPS) is 20.8. The fraction of sp³-hybridized carbons (Fsp3) is 0.364. The molecule has 4 rings (SSSR count). The summed E-state index contributed by atoms with van der Waals surface area (Å²) in [6.45, 7) is 3.64. The van der Waals surface area contributed by atoms with Gasteiger partial charge in [-0.2, -0.15) is 0 Å². The van der Waals surface area contributed by atoms with Crippen LogP contribution in [0.15, 0.2) is 54.6 Å². The van der Waals surface area contributed by atoms with Crippen molar-refractivity contribution in [3.63, 3.8) is 0 Å². The standard InChI is InChI=1S/C22H24ClN3O2/c23-18-7-4-8-19(15-18)24-11-13-25(14-12-24)20-16-21(27)26(22(20)28)10-9-17-5-2-1-3-6-17/h1-8,15,20H,9-14,16H2/t20-/m1/s1. The number of imide groups is 1. The number of hydrogen-bond donors (Lipinski definition) is 0. The zero-order valence-corrected chi connectivity index (χ0v) is 16.5. The topological polar surface area (TPSA) is 43.9 Å². The van der Waals surface area contributed by atoms with Gasteiger partial charge in [-0.1, -0.05) is 48.0 Å². The molecule has 2 aliphatic rings. The molecule has 0 unspecified atom stereocenters. The van der Waals surface area contributed by atoms with Gasteiger partial charge in [0, 0.05) is 43.4 Å². The average Bonchev–Trinajstić information content (AvgIpc) is 3.01. The second-order valence-electron chi connectivity index (χ2n) is 7.34. The molecule has 0 radical (unpaired) electrons. The molecule has 0 aliphatic carbocycles. The van der Waals surface area contributed by atoms with Crippen molar-refractivity contribution in [3.05, 3.63) is 65.2 Å². The van der Waals surface area contributed by atoms with Crippen LogP contribution in [0.2, 0.25) is 5.02 Å². The fourth-order valence-electron chi connectivity index (χ4n) is 4.04.